The highest BCUT2D eigenvalue weighted by atomic mass is 32.1. The molecule has 3 rings (SSSR count). The first kappa shape index (κ1) is 17.8. The summed E-state index contributed by atoms with van der Waals surface area (Å²) in [7, 11) is 0. The molecule has 26 heavy (non-hydrogen) atoms. The van der Waals surface area contributed by atoms with E-state index < -0.39 is 17.6 Å². The first-order valence-electron chi connectivity index (χ1n) is 7.98. The zero-order chi connectivity index (χ0) is 18.7. The molecule has 0 fully saturated rings. The molecule has 0 saturated carbocycles. The van der Waals surface area contributed by atoms with Gasteiger partial charge in [-0.25, -0.2) is 4.39 Å². The molecule has 4 nitrogen and oxygen atoms in total. The minimum absolute atomic E-state index is 0.303. The minimum atomic E-state index is -0.590. The molecular formula is C20H17FN2O2S. The lowest BCUT2D eigenvalue weighted by Gasteiger charge is -2.05. The van der Waals surface area contributed by atoms with Crippen molar-refractivity contribution in [3.8, 4) is 0 Å². The molecule has 2 amide bonds. The van der Waals surface area contributed by atoms with Crippen molar-refractivity contribution < 1.29 is 14.0 Å². The van der Waals surface area contributed by atoms with E-state index in [4.69, 9.17) is 5.73 Å². The maximum atomic E-state index is 13.0. The molecule has 0 aliphatic rings. The van der Waals surface area contributed by atoms with Crippen LogP contribution in [0.4, 0.5) is 9.39 Å². The monoisotopic (exact) mass is 368 g/mol. The highest BCUT2D eigenvalue weighted by Crippen LogP contribution is 2.34. The van der Waals surface area contributed by atoms with E-state index in [1.807, 2.05) is 37.3 Å². The van der Waals surface area contributed by atoms with E-state index in [9.17, 15) is 14.0 Å². The molecule has 0 atom stereocenters. The van der Waals surface area contributed by atoms with Gasteiger partial charge in [-0.2, -0.15) is 0 Å². The van der Waals surface area contributed by atoms with E-state index >= 15 is 0 Å². The maximum absolute atomic E-state index is 13.0. The van der Waals surface area contributed by atoms with Gasteiger partial charge in [0.25, 0.3) is 11.8 Å². The van der Waals surface area contributed by atoms with E-state index in [1.54, 1.807) is 0 Å². The summed E-state index contributed by atoms with van der Waals surface area (Å²) in [4.78, 5) is 25.3. The largest absolute Gasteiger partial charge is 0.365 e. The zero-order valence-corrected chi connectivity index (χ0v) is 14.9. The van der Waals surface area contributed by atoms with Crippen molar-refractivity contribution in [2.75, 3.05) is 5.32 Å². The predicted octanol–water partition coefficient (Wildman–Crippen LogP) is 4.14. The van der Waals surface area contributed by atoms with Gasteiger partial charge in [0.1, 0.15) is 10.8 Å². The van der Waals surface area contributed by atoms with Crippen molar-refractivity contribution in [2.45, 2.75) is 13.3 Å². The summed E-state index contributed by atoms with van der Waals surface area (Å²) in [6, 6.07) is 15.0. The van der Waals surface area contributed by atoms with Crippen LogP contribution in [-0.2, 0) is 6.42 Å². The van der Waals surface area contributed by atoms with Crippen molar-refractivity contribution in [3.05, 3.63) is 87.5 Å². The number of halogens is 1. The zero-order valence-electron chi connectivity index (χ0n) is 14.1. The summed E-state index contributed by atoms with van der Waals surface area (Å²) in [5.74, 6) is -1.43. The normalized spacial score (nSPS) is 10.5. The number of hydrogen-bond donors (Lipinski definition) is 2. The number of thiophene rings is 1. The van der Waals surface area contributed by atoms with E-state index in [2.05, 4.69) is 5.32 Å². The summed E-state index contributed by atoms with van der Waals surface area (Å²) < 4.78 is 13.0. The van der Waals surface area contributed by atoms with Crippen molar-refractivity contribution in [1.82, 2.24) is 0 Å². The average Bonchev–Trinajstić information content (AvgIpc) is 2.91. The molecule has 0 spiro atoms. The van der Waals surface area contributed by atoms with Gasteiger partial charge in [-0.1, -0.05) is 30.3 Å². The van der Waals surface area contributed by atoms with Crippen LogP contribution in [0, 0.1) is 12.7 Å². The Kier molecular flexibility index (Phi) is 5.14. The van der Waals surface area contributed by atoms with Crippen molar-refractivity contribution in [1.29, 1.82) is 0 Å². The van der Waals surface area contributed by atoms with Gasteiger partial charge < -0.3 is 11.1 Å². The second-order valence-electron chi connectivity index (χ2n) is 5.84. The Hall–Kier alpha value is -2.99. The fourth-order valence-corrected chi connectivity index (χ4v) is 3.91. The summed E-state index contributed by atoms with van der Waals surface area (Å²) in [5, 5.41) is 3.14. The Morgan fingerprint density at radius 2 is 1.73 bits per heavy atom. The summed E-state index contributed by atoms with van der Waals surface area (Å²) in [6.07, 6.45) is 0.643. The SMILES string of the molecule is Cc1c(Cc2ccccc2)sc(NC(=O)c2ccc(F)cc2)c1C(N)=O. The molecule has 3 N–H and O–H groups in total. The maximum Gasteiger partial charge on any atom is 0.256 e. The fourth-order valence-electron chi connectivity index (χ4n) is 2.67. The van der Waals surface area contributed by atoms with Crippen LogP contribution in [0.2, 0.25) is 0 Å². The number of benzene rings is 2. The van der Waals surface area contributed by atoms with Gasteiger partial charge in [0.05, 0.1) is 5.56 Å². The second-order valence-corrected chi connectivity index (χ2v) is 6.95. The lowest BCUT2D eigenvalue weighted by molar-refractivity contribution is 0.100. The van der Waals surface area contributed by atoms with Crippen LogP contribution in [0.1, 0.15) is 36.7 Å². The van der Waals surface area contributed by atoms with Crippen LogP contribution in [0.15, 0.2) is 54.6 Å². The van der Waals surface area contributed by atoms with Gasteiger partial charge in [0, 0.05) is 16.9 Å². The van der Waals surface area contributed by atoms with E-state index in [0.29, 0.717) is 22.5 Å². The summed E-state index contributed by atoms with van der Waals surface area (Å²) in [6.45, 7) is 1.82. The topological polar surface area (TPSA) is 72.2 Å². The Morgan fingerprint density at radius 1 is 1.08 bits per heavy atom. The third-order valence-electron chi connectivity index (χ3n) is 4.03. The molecule has 0 radical (unpaired) electrons. The van der Waals surface area contributed by atoms with Crippen LogP contribution < -0.4 is 11.1 Å². The van der Waals surface area contributed by atoms with Gasteiger partial charge in [-0.05, 0) is 42.3 Å². The molecule has 2 aromatic carbocycles. The Labute approximate surface area is 154 Å². The molecule has 0 aliphatic heterocycles. The summed E-state index contributed by atoms with van der Waals surface area (Å²) in [5.41, 5.74) is 8.01. The van der Waals surface area contributed by atoms with Crippen LogP contribution in [0.3, 0.4) is 0 Å². The van der Waals surface area contributed by atoms with Crippen LogP contribution in [0.25, 0.3) is 0 Å². The van der Waals surface area contributed by atoms with Gasteiger partial charge in [-0.3, -0.25) is 9.59 Å². The number of primary amides is 1. The van der Waals surface area contributed by atoms with E-state index in [0.717, 1.165) is 16.0 Å². The highest BCUT2D eigenvalue weighted by molar-refractivity contribution is 7.17. The van der Waals surface area contributed by atoms with Crippen molar-refractivity contribution >= 4 is 28.2 Å². The number of nitrogens with two attached hydrogens (primary N) is 1. The van der Waals surface area contributed by atoms with Crippen molar-refractivity contribution in [3.63, 3.8) is 0 Å². The van der Waals surface area contributed by atoms with Crippen LogP contribution >= 0.6 is 11.3 Å². The number of carbonyl (C=O) groups excluding carboxylic acids is 2. The van der Waals surface area contributed by atoms with Gasteiger partial charge in [0.2, 0.25) is 0 Å². The molecule has 3 aromatic rings. The molecule has 0 unspecified atom stereocenters. The van der Waals surface area contributed by atoms with E-state index in [-0.39, 0.29) is 0 Å². The number of anilines is 1. The summed E-state index contributed by atoms with van der Waals surface area (Å²) >= 11 is 1.33. The molecule has 0 bridgehead atoms. The van der Waals surface area contributed by atoms with E-state index in [1.165, 1.54) is 35.6 Å². The smallest absolute Gasteiger partial charge is 0.256 e. The molecule has 132 valence electrons. The molecule has 0 saturated heterocycles. The molecule has 1 aromatic heterocycles. The van der Waals surface area contributed by atoms with Crippen molar-refractivity contribution in [2.24, 2.45) is 5.73 Å². The Morgan fingerprint density at radius 3 is 2.35 bits per heavy atom. The third kappa shape index (κ3) is 3.81. The van der Waals surface area contributed by atoms with Gasteiger partial charge >= 0.3 is 0 Å². The number of hydrogen-bond acceptors (Lipinski definition) is 3. The average molecular weight is 368 g/mol. The Bertz CT molecular complexity index is 950. The van der Waals surface area contributed by atoms with Crippen LogP contribution in [0.5, 0.6) is 0 Å². The molecular weight excluding hydrogens is 351 g/mol. The van der Waals surface area contributed by atoms with Gasteiger partial charge in [0.15, 0.2) is 0 Å². The number of carbonyl (C=O) groups is 2. The highest BCUT2D eigenvalue weighted by Gasteiger charge is 2.21. The molecule has 0 aliphatic carbocycles. The predicted molar refractivity (Wildman–Crippen MR) is 101 cm³/mol. The number of amides is 2. The number of nitrogens with one attached hydrogen (secondary N) is 1. The second kappa shape index (κ2) is 7.49. The quantitative estimate of drug-likeness (QED) is 0.710. The molecule has 1 heterocycles. The first-order valence-corrected chi connectivity index (χ1v) is 8.80. The molecule has 6 heteroatoms. The number of rotatable bonds is 5. The standard InChI is InChI=1S/C20H17FN2O2S/c1-12-16(11-13-5-3-2-4-6-13)26-20(17(12)18(22)24)23-19(25)14-7-9-15(21)10-8-14/h2-10H,11H2,1H3,(H2,22,24)(H,23,25). The fraction of sp³-hybridized carbons (Fsp3) is 0.100. The minimum Gasteiger partial charge on any atom is -0.365 e. The lowest BCUT2D eigenvalue weighted by atomic mass is 10.1. The third-order valence-corrected chi connectivity index (χ3v) is 5.24. The Balaban J connectivity index is 1.90. The first-order chi connectivity index (χ1) is 12.5. The lowest BCUT2D eigenvalue weighted by Crippen LogP contribution is -2.17. The van der Waals surface area contributed by atoms with Crippen LogP contribution in [-0.4, -0.2) is 11.8 Å². The van der Waals surface area contributed by atoms with Gasteiger partial charge in [-0.15, -0.1) is 11.3 Å².